The lowest BCUT2D eigenvalue weighted by atomic mass is 9.88. The molecule has 4 rings (SSSR count). The van der Waals surface area contributed by atoms with Crippen LogP contribution in [0.4, 0.5) is 0 Å². The average molecular weight is 399 g/mol. The SMILES string of the molecule is Cc1cc(-c2ccc3cc[nH]c3c2)ccc1O[C@H]1OC(CO)[C@@H](O)C(O)[C@]1(C)O. The third-order valence-electron chi connectivity index (χ3n) is 5.56. The van der Waals surface area contributed by atoms with Gasteiger partial charge < -0.3 is 34.9 Å². The lowest BCUT2D eigenvalue weighted by molar-refractivity contribution is -0.314. The molecule has 0 aliphatic carbocycles. The zero-order valence-electron chi connectivity index (χ0n) is 16.2. The standard InChI is InChI=1S/C22H25NO6/c1-12-9-14(15-4-3-13-7-8-23-16(13)10-15)5-6-17(12)28-21-22(2,27)20(26)19(25)18(11-24)29-21/h3-10,18-21,23-27H,11H2,1-2H3/t18?,19-,20?,21+,22+/m1/s1. The lowest BCUT2D eigenvalue weighted by Crippen LogP contribution is -2.66. The minimum Gasteiger partial charge on any atom is -0.461 e. The number of aliphatic hydroxyl groups is 4. The average Bonchev–Trinajstić information content (AvgIpc) is 3.17. The van der Waals surface area contributed by atoms with E-state index in [1.54, 1.807) is 6.07 Å². The maximum Gasteiger partial charge on any atom is 0.231 e. The van der Waals surface area contributed by atoms with Gasteiger partial charge in [-0.2, -0.15) is 0 Å². The Morgan fingerprint density at radius 2 is 1.83 bits per heavy atom. The Balaban J connectivity index is 1.59. The van der Waals surface area contributed by atoms with Crippen LogP contribution in [0.2, 0.25) is 0 Å². The number of ether oxygens (including phenoxy) is 2. The maximum absolute atomic E-state index is 10.6. The second kappa shape index (κ2) is 7.44. The molecule has 1 aromatic heterocycles. The summed E-state index contributed by atoms with van der Waals surface area (Å²) in [6.07, 6.45) is -3.34. The van der Waals surface area contributed by atoms with E-state index in [1.807, 2.05) is 37.4 Å². The van der Waals surface area contributed by atoms with Gasteiger partial charge in [-0.3, -0.25) is 0 Å². The van der Waals surface area contributed by atoms with Crippen LogP contribution in [-0.4, -0.2) is 62.2 Å². The predicted molar refractivity (Wildman–Crippen MR) is 107 cm³/mol. The van der Waals surface area contributed by atoms with Gasteiger partial charge in [0.2, 0.25) is 6.29 Å². The van der Waals surface area contributed by atoms with Gasteiger partial charge in [0.05, 0.1) is 6.61 Å². The molecule has 0 amide bonds. The van der Waals surface area contributed by atoms with Gasteiger partial charge in [0.25, 0.3) is 0 Å². The van der Waals surface area contributed by atoms with Crippen molar-refractivity contribution in [3.8, 4) is 16.9 Å². The molecule has 0 bridgehead atoms. The second-order valence-corrected chi connectivity index (χ2v) is 7.73. The van der Waals surface area contributed by atoms with Crippen LogP contribution >= 0.6 is 0 Å². The van der Waals surface area contributed by atoms with Crippen molar-refractivity contribution in [1.82, 2.24) is 4.98 Å². The molecule has 5 atom stereocenters. The zero-order chi connectivity index (χ0) is 20.8. The van der Waals surface area contributed by atoms with Crippen molar-refractivity contribution >= 4 is 10.9 Å². The summed E-state index contributed by atoms with van der Waals surface area (Å²) in [6, 6.07) is 13.8. The number of rotatable bonds is 4. The topological polar surface area (TPSA) is 115 Å². The molecule has 7 heteroatoms. The first-order valence-electron chi connectivity index (χ1n) is 9.51. The Kier molecular flexibility index (Phi) is 5.10. The summed E-state index contributed by atoms with van der Waals surface area (Å²) in [7, 11) is 0. The van der Waals surface area contributed by atoms with Crippen LogP contribution in [0.5, 0.6) is 5.75 Å². The van der Waals surface area contributed by atoms with E-state index in [0.29, 0.717) is 5.75 Å². The predicted octanol–water partition coefficient (Wildman–Crippen LogP) is 1.71. The van der Waals surface area contributed by atoms with Crippen LogP contribution in [-0.2, 0) is 4.74 Å². The summed E-state index contributed by atoms with van der Waals surface area (Å²) in [5.41, 5.74) is 2.07. The molecule has 1 aliphatic heterocycles. The number of fused-ring (bicyclic) bond motifs is 1. The molecule has 0 radical (unpaired) electrons. The first-order chi connectivity index (χ1) is 13.8. The van der Waals surface area contributed by atoms with Crippen LogP contribution in [0.1, 0.15) is 12.5 Å². The highest BCUT2D eigenvalue weighted by atomic mass is 16.7. The molecule has 154 valence electrons. The van der Waals surface area contributed by atoms with Crippen LogP contribution in [0.3, 0.4) is 0 Å². The number of aliphatic hydroxyl groups excluding tert-OH is 3. The number of H-pyrrole nitrogens is 1. The molecule has 1 fully saturated rings. The maximum atomic E-state index is 10.6. The molecule has 2 heterocycles. The summed E-state index contributed by atoms with van der Waals surface area (Å²) in [6.45, 7) is 2.69. The molecule has 3 aromatic rings. The number of hydrogen-bond donors (Lipinski definition) is 5. The largest absolute Gasteiger partial charge is 0.461 e. The van der Waals surface area contributed by atoms with Gasteiger partial charge in [0.15, 0.2) is 5.60 Å². The van der Waals surface area contributed by atoms with Crippen molar-refractivity contribution in [3.63, 3.8) is 0 Å². The lowest BCUT2D eigenvalue weighted by Gasteiger charge is -2.45. The number of aromatic nitrogens is 1. The zero-order valence-corrected chi connectivity index (χ0v) is 16.2. The Labute approximate surface area is 168 Å². The van der Waals surface area contributed by atoms with Crippen LogP contribution < -0.4 is 4.74 Å². The fourth-order valence-electron chi connectivity index (χ4n) is 3.67. The van der Waals surface area contributed by atoms with Crippen LogP contribution in [0.25, 0.3) is 22.0 Å². The summed E-state index contributed by atoms with van der Waals surface area (Å²) in [5.74, 6) is 0.472. The van der Waals surface area contributed by atoms with E-state index in [2.05, 4.69) is 17.1 Å². The molecular weight excluding hydrogens is 374 g/mol. The number of hydrogen-bond acceptors (Lipinski definition) is 6. The molecule has 5 N–H and O–H groups in total. The summed E-state index contributed by atoms with van der Waals surface area (Å²) in [4.78, 5) is 3.20. The first-order valence-corrected chi connectivity index (χ1v) is 9.51. The first kappa shape index (κ1) is 19.9. The number of aryl methyl sites for hydroxylation is 1. The molecule has 2 unspecified atom stereocenters. The van der Waals surface area contributed by atoms with Crippen molar-refractivity contribution in [2.45, 2.75) is 44.1 Å². The fraction of sp³-hybridized carbons (Fsp3) is 0.364. The minimum atomic E-state index is -1.85. The van der Waals surface area contributed by atoms with Gasteiger partial charge in [-0.15, -0.1) is 0 Å². The van der Waals surface area contributed by atoms with Gasteiger partial charge in [-0.25, -0.2) is 0 Å². The Morgan fingerprint density at radius 3 is 2.55 bits per heavy atom. The van der Waals surface area contributed by atoms with Gasteiger partial charge >= 0.3 is 0 Å². The minimum absolute atomic E-state index is 0.472. The second-order valence-electron chi connectivity index (χ2n) is 7.73. The van der Waals surface area contributed by atoms with Crippen molar-refractivity contribution < 1.29 is 29.9 Å². The van der Waals surface area contributed by atoms with E-state index >= 15 is 0 Å². The van der Waals surface area contributed by atoms with Crippen molar-refractivity contribution in [2.24, 2.45) is 0 Å². The van der Waals surface area contributed by atoms with Crippen molar-refractivity contribution in [2.75, 3.05) is 6.61 Å². The van der Waals surface area contributed by atoms with Crippen LogP contribution in [0.15, 0.2) is 48.7 Å². The van der Waals surface area contributed by atoms with E-state index in [4.69, 9.17) is 9.47 Å². The Bertz CT molecular complexity index is 1010. The highest BCUT2D eigenvalue weighted by molar-refractivity contribution is 5.85. The Morgan fingerprint density at radius 1 is 1.10 bits per heavy atom. The molecular formula is C22H25NO6. The number of aromatic amines is 1. The van der Waals surface area contributed by atoms with E-state index in [1.165, 1.54) is 6.92 Å². The molecule has 7 nitrogen and oxygen atoms in total. The van der Waals surface area contributed by atoms with E-state index < -0.39 is 36.8 Å². The van der Waals surface area contributed by atoms with Crippen LogP contribution in [0, 0.1) is 6.92 Å². The van der Waals surface area contributed by atoms with E-state index in [0.717, 1.165) is 27.6 Å². The smallest absolute Gasteiger partial charge is 0.231 e. The van der Waals surface area contributed by atoms with Gasteiger partial charge in [-0.05, 0) is 60.2 Å². The normalized spacial score (nSPS) is 29.9. The van der Waals surface area contributed by atoms with E-state index in [9.17, 15) is 20.4 Å². The number of nitrogens with one attached hydrogen (secondary N) is 1. The molecule has 0 spiro atoms. The van der Waals surface area contributed by atoms with Crippen molar-refractivity contribution in [1.29, 1.82) is 0 Å². The molecule has 1 aliphatic rings. The monoisotopic (exact) mass is 399 g/mol. The molecule has 0 saturated carbocycles. The van der Waals surface area contributed by atoms with E-state index in [-0.39, 0.29) is 0 Å². The fourth-order valence-corrected chi connectivity index (χ4v) is 3.67. The highest BCUT2D eigenvalue weighted by Gasteiger charge is 2.53. The molecule has 29 heavy (non-hydrogen) atoms. The van der Waals surface area contributed by atoms with Gasteiger partial charge in [-0.1, -0.05) is 18.2 Å². The highest BCUT2D eigenvalue weighted by Crippen LogP contribution is 2.34. The van der Waals surface area contributed by atoms with Crippen molar-refractivity contribution in [3.05, 3.63) is 54.2 Å². The third-order valence-corrected chi connectivity index (χ3v) is 5.56. The molecule has 1 saturated heterocycles. The Hall–Kier alpha value is -2.42. The molecule has 2 aromatic carbocycles. The quantitative estimate of drug-likeness (QED) is 0.456. The summed E-state index contributed by atoms with van der Waals surface area (Å²) in [5, 5.41) is 41.3. The van der Waals surface area contributed by atoms with Gasteiger partial charge in [0, 0.05) is 11.7 Å². The summed E-state index contributed by atoms with van der Waals surface area (Å²) < 4.78 is 11.4. The summed E-state index contributed by atoms with van der Waals surface area (Å²) >= 11 is 0. The third kappa shape index (κ3) is 3.52. The number of benzene rings is 2. The van der Waals surface area contributed by atoms with Gasteiger partial charge in [0.1, 0.15) is 24.1 Å².